The Balaban J connectivity index is 2.88. The Morgan fingerprint density at radius 3 is 2.67 bits per heavy atom. The molecule has 0 aliphatic carbocycles. The van der Waals surface area contributed by atoms with Crippen LogP contribution in [-0.4, -0.2) is 0 Å². The molecule has 0 bridgehead atoms. The number of thiol groups is 1. The zero-order chi connectivity index (χ0) is 8.72. The minimum atomic E-state index is 0.679. The van der Waals surface area contributed by atoms with Gasteiger partial charge >= 0.3 is 0 Å². The van der Waals surface area contributed by atoms with Gasteiger partial charge in [-0.2, -0.15) is 0 Å². The van der Waals surface area contributed by atoms with Crippen molar-refractivity contribution in [3.8, 4) is 0 Å². The first kappa shape index (κ1) is 7.74. The molecule has 0 aliphatic rings. The van der Waals surface area contributed by atoms with E-state index < -0.39 is 0 Å². The fourth-order valence-electron chi connectivity index (χ4n) is 1.47. The van der Waals surface area contributed by atoms with Crippen LogP contribution in [0.3, 0.4) is 0 Å². The number of hydrogen-bond acceptors (Lipinski definition) is 2. The molecule has 0 amide bonds. The highest BCUT2D eigenvalue weighted by molar-refractivity contribution is 7.80. The molecule has 2 rings (SSSR count). The SMILES string of the molecule is Cc1cc(C)c2cc(S)oc2c1. The van der Waals surface area contributed by atoms with Gasteiger partial charge in [0, 0.05) is 5.39 Å². The largest absolute Gasteiger partial charge is 0.450 e. The van der Waals surface area contributed by atoms with E-state index in [2.05, 4.69) is 32.5 Å². The molecule has 0 unspecified atom stereocenters. The average molecular weight is 178 g/mol. The van der Waals surface area contributed by atoms with Gasteiger partial charge < -0.3 is 4.42 Å². The van der Waals surface area contributed by atoms with Crippen molar-refractivity contribution in [2.75, 3.05) is 0 Å². The van der Waals surface area contributed by atoms with Crippen LogP contribution in [-0.2, 0) is 0 Å². The average Bonchev–Trinajstić information content (AvgIpc) is 2.29. The predicted octanol–water partition coefficient (Wildman–Crippen LogP) is 3.34. The number of furan rings is 1. The molecule has 0 aliphatic heterocycles. The third-order valence-corrected chi connectivity index (χ3v) is 2.20. The Bertz CT molecular complexity index is 429. The number of benzene rings is 1. The Labute approximate surface area is 76.8 Å². The maximum atomic E-state index is 5.39. The second-order valence-corrected chi connectivity index (χ2v) is 3.52. The van der Waals surface area contributed by atoms with E-state index in [4.69, 9.17) is 4.42 Å². The summed E-state index contributed by atoms with van der Waals surface area (Å²) in [5.41, 5.74) is 3.40. The minimum absolute atomic E-state index is 0.679. The first-order valence-corrected chi connectivity index (χ1v) is 4.31. The maximum Gasteiger partial charge on any atom is 0.158 e. The van der Waals surface area contributed by atoms with E-state index >= 15 is 0 Å². The van der Waals surface area contributed by atoms with Gasteiger partial charge in [-0.15, -0.1) is 12.6 Å². The Kier molecular flexibility index (Phi) is 1.65. The molecule has 1 nitrogen and oxygen atoms in total. The molecule has 0 saturated heterocycles. The zero-order valence-corrected chi connectivity index (χ0v) is 7.98. The van der Waals surface area contributed by atoms with Crippen molar-refractivity contribution in [1.82, 2.24) is 0 Å². The summed E-state index contributed by atoms with van der Waals surface area (Å²) in [6.45, 7) is 4.14. The van der Waals surface area contributed by atoms with Crippen LogP contribution in [0.5, 0.6) is 0 Å². The van der Waals surface area contributed by atoms with Crippen LogP contribution >= 0.6 is 12.6 Å². The van der Waals surface area contributed by atoms with Crippen LogP contribution in [0.1, 0.15) is 11.1 Å². The number of fused-ring (bicyclic) bond motifs is 1. The van der Waals surface area contributed by atoms with Crippen molar-refractivity contribution in [1.29, 1.82) is 0 Å². The highest BCUT2D eigenvalue weighted by Crippen LogP contribution is 2.25. The van der Waals surface area contributed by atoms with Crippen molar-refractivity contribution >= 4 is 23.6 Å². The van der Waals surface area contributed by atoms with Gasteiger partial charge in [0.25, 0.3) is 0 Å². The summed E-state index contributed by atoms with van der Waals surface area (Å²) < 4.78 is 5.39. The van der Waals surface area contributed by atoms with E-state index in [1.54, 1.807) is 0 Å². The Hall–Kier alpha value is -0.890. The van der Waals surface area contributed by atoms with E-state index in [1.165, 1.54) is 11.1 Å². The summed E-state index contributed by atoms with van der Waals surface area (Å²) in [7, 11) is 0. The topological polar surface area (TPSA) is 13.1 Å². The molecule has 2 heteroatoms. The minimum Gasteiger partial charge on any atom is -0.450 e. The first-order chi connectivity index (χ1) is 5.66. The van der Waals surface area contributed by atoms with Crippen molar-refractivity contribution in [2.45, 2.75) is 18.9 Å². The van der Waals surface area contributed by atoms with Crippen LogP contribution < -0.4 is 0 Å². The van der Waals surface area contributed by atoms with Crippen LogP contribution in [0.4, 0.5) is 0 Å². The molecule has 0 saturated carbocycles. The highest BCUT2D eigenvalue weighted by atomic mass is 32.1. The normalized spacial score (nSPS) is 10.9. The smallest absolute Gasteiger partial charge is 0.158 e. The summed E-state index contributed by atoms with van der Waals surface area (Å²) in [5.74, 6) is 0. The van der Waals surface area contributed by atoms with Crippen molar-refractivity contribution in [3.05, 3.63) is 29.3 Å². The van der Waals surface area contributed by atoms with Gasteiger partial charge in [-0.25, -0.2) is 0 Å². The third-order valence-electron chi connectivity index (χ3n) is 1.98. The van der Waals surface area contributed by atoms with Crippen molar-refractivity contribution in [2.24, 2.45) is 0 Å². The molecule has 2 aromatic rings. The lowest BCUT2D eigenvalue weighted by Gasteiger charge is -1.96. The van der Waals surface area contributed by atoms with Crippen LogP contribution in [0.25, 0.3) is 11.0 Å². The second kappa shape index (κ2) is 2.56. The fraction of sp³-hybridized carbons (Fsp3) is 0.200. The number of aryl methyl sites for hydroxylation is 2. The van der Waals surface area contributed by atoms with Crippen molar-refractivity contribution in [3.63, 3.8) is 0 Å². The van der Waals surface area contributed by atoms with Crippen molar-refractivity contribution < 1.29 is 4.42 Å². The molecular weight excluding hydrogens is 168 g/mol. The van der Waals surface area contributed by atoms with Gasteiger partial charge in [0.2, 0.25) is 0 Å². The molecule has 1 aromatic heterocycles. The summed E-state index contributed by atoms with van der Waals surface area (Å²) in [4.78, 5) is 0. The van der Waals surface area contributed by atoms with E-state index in [9.17, 15) is 0 Å². The van der Waals surface area contributed by atoms with Gasteiger partial charge in [-0.3, -0.25) is 0 Å². The van der Waals surface area contributed by atoms with E-state index in [0.717, 1.165) is 11.0 Å². The van der Waals surface area contributed by atoms with Gasteiger partial charge in [-0.1, -0.05) is 6.07 Å². The second-order valence-electron chi connectivity index (χ2n) is 3.08. The lowest BCUT2D eigenvalue weighted by Crippen LogP contribution is -1.76. The van der Waals surface area contributed by atoms with Crippen LogP contribution in [0.15, 0.2) is 27.7 Å². The maximum absolute atomic E-state index is 5.39. The molecule has 0 spiro atoms. The molecular formula is C10H10OS. The summed E-state index contributed by atoms with van der Waals surface area (Å²) in [6.07, 6.45) is 0. The molecule has 0 fully saturated rings. The highest BCUT2D eigenvalue weighted by Gasteiger charge is 2.03. The third kappa shape index (κ3) is 1.12. The quantitative estimate of drug-likeness (QED) is 0.610. The lowest BCUT2D eigenvalue weighted by atomic mass is 10.1. The molecule has 12 heavy (non-hydrogen) atoms. The van der Waals surface area contributed by atoms with Gasteiger partial charge in [-0.05, 0) is 37.1 Å². The fourth-order valence-corrected chi connectivity index (χ4v) is 1.70. The molecule has 0 radical (unpaired) electrons. The summed E-state index contributed by atoms with van der Waals surface area (Å²) in [6, 6.07) is 6.13. The van der Waals surface area contributed by atoms with Crippen LogP contribution in [0.2, 0.25) is 0 Å². The predicted molar refractivity (Wildman–Crippen MR) is 52.9 cm³/mol. The molecule has 1 heterocycles. The number of hydrogen-bond donors (Lipinski definition) is 1. The molecule has 1 aromatic carbocycles. The summed E-state index contributed by atoms with van der Waals surface area (Å²) in [5, 5.41) is 1.84. The first-order valence-electron chi connectivity index (χ1n) is 3.86. The van der Waals surface area contributed by atoms with E-state index in [0.29, 0.717) is 5.09 Å². The Morgan fingerprint density at radius 1 is 1.17 bits per heavy atom. The Morgan fingerprint density at radius 2 is 1.92 bits per heavy atom. The molecule has 0 N–H and O–H groups in total. The lowest BCUT2D eigenvalue weighted by molar-refractivity contribution is 0.517. The van der Waals surface area contributed by atoms with Gasteiger partial charge in [0.15, 0.2) is 5.09 Å². The van der Waals surface area contributed by atoms with Gasteiger partial charge in [0.1, 0.15) is 5.58 Å². The number of rotatable bonds is 0. The molecule has 0 atom stereocenters. The summed E-state index contributed by atoms with van der Waals surface area (Å²) >= 11 is 4.16. The van der Waals surface area contributed by atoms with Gasteiger partial charge in [0.05, 0.1) is 0 Å². The van der Waals surface area contributed by atoms with E-state index in [-0.39, 0.29) is 0 Å². The standard InChI is InChI=1S/C10H10OS/c1-6-3-7(2)8-5-10(12)11-9(8)4-6/h3-5,12H,1-2H3. The zero-order valence-electron chi connectivity index (χ0n) is 7.09. The van der Waals surface area contributed by atoms with E-state index in [1.807, 2.05) is 12.1 Å². The molecule has 62 valence electrons. The van der Waals surface area contributed by atoms with Crippen LogP contribution in [0, 0.1) is 13.8 Å². The monoisotopic (exact) mass is 178 g/mol.